The SMILES string of the molecule is CCc1ccccc1NC(=O)[C@H](c1ccc(Cl)cc1)C(C)C. The van der Waals surface area contributed by atoms with Crippen molar-refractivity contribution in [2.45, 2.75) is 33.1 Å². The van der Waals surface area contributed by atoms with Crippen molar-refractivity contribution in [3.8, 4) is 0 Å². The molecule has 0 aliphatic heterocycles. The van der Waals surface area contributed by atoms with Crippen LogP contribution in [0.1, 0.15) is 37.8 Å². The minimum absolute atomic E-state index is 0.0261. The van der Waals surface area contributed by atoms with Crippen LogP contribution < -0.4 is 5.32 Å². The third kappa shape index (κ3) is 3.89. The standard InChI is InChI=1S/C19H22ClNO/c1-4-14-7-5-6-8-17(14)21-19(22)18(13(2)3)15-9-11-16(20)12-10-15/h5-13,18H,4H2,1-3H3,(H,21,22)/t18-/m0/s1. The highest BCUT2D eigenvalue weighted by Gasteiger charge is 2.24. The summed E-state index contributed by atoms with van der Waals surface area (Å²) in [6.07, 6.45) is 0.893. The Kier molecular flexibility index (Phi) is 5.62. The molecule has 0 aliphatic rings. The van der Waals surface area contributed by atoms with Gasteiger partial charge in [0, 0.05) is 10.7 Å². The van der Waals surface area contributed by atoms with Crippen molar-refractivity contribution in [3.63, 3.8) is 0 Å². The molecule has 0 fully saturated rings. The highest BCUT2D eigenvalue weighted by molar-refractivity contribution is 6.30. The van der Waals surface area contributed by atoms with Gasteiger partial charge in [-0.2, -0.15) is 0 Å². The Hall–Kier alpha value is -1.80. The summed E-state index contributed by atoms with van der Waals surface area (Å²) in [5.74, 6) is 0.0374. The summed E-state index contributed by atoms with van der Waals surface area (Å²) in [5, 5.41) is 3.77. The number of rotatable bonds is 5. The summed E-state index contributed by atoms with van der Waals surface area (Å²) in [6, 6.07) is 15.5. The molecule has 2 rings (SSSR count). The van der Waals surface area contributed by atoms with Gasteiger partial charge in [-0.15, -0.1) is 0 Å². The second-order valence-electron chi connectivity index (χ2n) is 5.77. The topological polar surface area (TPSA) is 29.1 Å². The summed E-state index contributed by atoms with van der Waals surface area (Å²) in [7, 11) is 0. The normalized spacial score (nSPS) is 12.2. The molecule has 0 saturated carbocycles. The fraction of sp³-hybridized carbons (Fsp3) is 0.316. The summed E-state index contributed by atoms with van der Waals surface area (Å²) in [6.45, 7) is 6.21. The highest BCUT2D eigenvalue weighted by atomic mass is 35.5. The largest absolute Gasteiger partial charge is 0.325 e. The third-order valence-electron chi connectivity index (χ3n) is 3.83. The molecular weight excluding hydrogens is 294 g/mol. The van der Waals surface area contributed by atoms with Crippen LogP contribution in [0.5, 0.6) is 0 Å². The Balaban J connectivity index is 2.25. The van der Waals surface area contributed by atoms with Gasteiger partial charge in [-0.25, -0.2) is 0 Å². The highest BCUT2D eigenvalue weighted by Crippen LogP contribution is 2.28. The maximum absolute atomic E-state index is 12.8. The Morgan fingerprint density at radius 3 is 2.32 bits per heavy atom. The van der Waals surface area contributed by atoms with E-state index >= 15 is 0 Å². The molecule has 0 aromatic heterocycles. The van der Waals surface area contributed by atoms with E-state index in [9.17, 15) is 4.79 Å². The number of para-hydroxylation sites is 1. The molecule has 3 heteroatoms. The van der Waals surface area contributed by atoms with Gasteiger partial charge in [0.1, 0.15) is 0 Å². The maximum atomic E-state index is 12.8. The molecule has 2 aromatic rings. The Morgan fingerprint density at radius 1 is 1.09 bits per heavy atom. The summed E-state index contributed by atoms with van der Waals surface area (Å²) in [5.41, 5.74) is 3.04. The average molecular weight is 316 g/mol. The van der Waals surface area contributed by atoms with Crippen molar-refractivity contribution in [3.05, 3.63) is 64.7 Å². The zero-order valence-corrected chi connectivity index (χ0v) is 14.0. The van der Waals surface area contributed by atoms with Gasteiger partial charge in [-0.05, 0) is 41.7 Å². The summed E-state index contributed by atoms with van der Waals surface area (Å²) < 4.78 is 0. The molecule has 1 N–H and O–H groups in total. The lowest BCUT2D eigenvalue weighted by Crippen LogP contribution is -2.25. The van der Waals surface area contributed by atoms with E-state index in [4.69, 9.17) is 11.6 Å². The minimum atomic E-state index is -0.192. The Bertz CT molecular complexity index is 634. The van der Waals surface area contributed by atoms with Crippen LogP contribution in [0.15, 0.2) is 48.5 Å². The van der Waals surface area contributed by atoms with Crippen LogP contribution in [0.2, 0.25) is 5.02 Å². The lowest BCUT2D eigenvalue weighted by molar-refractivity contribution is -0.118. The molecular formula is C19H22ClNO. The van der Waals surface area contributed by atoms with Gasteiger partial charge in [0.2, 0.25) is 5.91 Å². The van der Waals surface area contributed by atoms with Crippen LogP contribution >= 0.6 is 11.6 Å². The van der Waals surface area contributed by atoms with Crippen LogP contribution in [-0.2, 0) is 11.2 Å². The number of nitrogens with one attached hydrogen (secondary N) is 1. The minimum Gasteiger partial charge on any atom is -0.325 e. The van der Waals surface area contributed by atoms with Crippen molar-refractivity contribution < 1.29 is 4.79 Å². The molecule has 0 unspecified atom stereocenters. The van der Waals surface area contributed by atoms with Gasteiger partial charge in [0.05, 0.1) is 5.92 Å². The van der Waals surface area contributed by atoms with Crippen LogP contribution in [0.25, 0.3) is 0 Å². The predicted molar refractivity (Wildman–Crippen MR) is 93.5 cm³/mol. The lowest BCUT2D eigenvalue weighted by Gasteiger charge is -2.21. The Morgan fingerprint density at radius 2 is 1.73 bits per heavy atom. The van der Waals surface area contributed by atoms with E-state index in [1.807, 2.05) is 48.5 Å². The first-order chi connectivity index (χ1) is 10.5. The number of carbonyl (C=O) groups excluding carboxylic acids is 1. The molecule has 116 valence electrons. The molecule has 2 aromatic carbocycles. The van der Waals surface area contributed by atoms with Crippen molar-refractivity contribution in [1.82, 2.24) is 0 Å². The molecule has 2 nitrogen and oxygen atoms in total. The average Bonchev–Trinajstić information content (AvgIpc) is 2.49. The quantitative estimate of drug-likeness (QED) is 0.799. The van der Waals surface area contributed by atoms with E-state index in [2.05, 4.69) is 26.1 Å². The molecule has 1 amide bonds. The second kappa shape index (κ2) is 7.46. The van der Waals surface area contributed by atoms with E-state index < -0.39 is 0 Å². The van der Waals surface area contributed by atoms with Crippen LogP contribution in [0.4, 0.5) is 5.69 Å². The van der Waals surface area contributed by atoms with Gasteiger partial charge in [0.25, 0.3) is 0 Å². The van der Waals surface area contributed by atoms with Gasteiger partial charge in [0.15, 0.2) is 0 Å². The number of hydrogen-bond donors (Lipinski definition) is 1. The number of anilines is 1. The smallest absolute Gasteiger partial charge is 0.232 e. The van der Waals surface area contributed by atoms with E-state index in [1.165, 1.54) is 0 Å². The molecule has 0 heterocycles. The zero-order valence-electron chi connectivity index (χ0n) is 13.3. The van der Waals surface area contributed by atoms with Crippen molar-refractivity contribution in [2.75, 3.05) is 5.32 Å². The fourth-order valence-corrected chi connectivity index (χ4v) is 2.80. The number of amides is 1. The number of aryl methyl sites for hydroxylation is 1. The molecule has 0 bridgehead atoms. The number of carbonyl (C=O) groups is 1. The van der Waals surface area contributed by atoms with E-state index in [0.29, 0.717) is 5.02 Å². The van der Waals surface area contributed by atoms with E-state index in [0.717, 1.165) is 23.2 Å². The number of hydrogen-bond acceptors (Lipinski definition) is 1. The summed E-state index contributed by atoms with van der Waals surface area (Å²) >= 11 is 5.94. The van der Waals surface area contributed by atoms with Gasteiger partial charge in [-0.1, -0.05) is 62.7 Å². The molecule has 0 radical (unpaired) electrons. The maximum Gasteiger partial charge on any atom is 0.232 e. The van der Waals surface area contributed by atoms with Gasteiger partial charge < -0.3 is 5.32 Å². The van der Waals surface area contributed by atoms with Crippen LogP contribution in [0.3, 0.4) is 0 Å². The third-order valence-corrected chi connectivity index (χ3v) is 4.09. The zero-order chi connectivity index (χ0) is 16.1. The van der Waals surface area contributed by atoms with E-state index in [-0.39, 0.29) is 17.7 Å². The first kappa shape index (κ1) is 16.6. The fourth-order valence-electron chi connectivity index (χ4n) is 2.67. The predicted octanol–water partition coefficient (Wildman–Crippen LogP) is 5.28. The van der Waals surface area contributed by atoms with Crippen LogP contribution in [-0.4, -0.2) is 5.91 Å². The van der Waals surface area contributed by atoms with Crippen molar-refractivity contribution in [2.24, 2.45) is 5.92 Å². The number of benzene rings is 2. The lowest BCUT2D eigenvalue weighted by atomic mass is 9.87. The first-order valence-corrected chi connectivity index (χ1v) is 8.05. The first-order valence-electron chi connectivity index (χ1n) is 7.67. The van der Waals surface area contributed by atoms with Gasteiger partial charge in [-0.3, -0.25) is 4.79 Å². The molecule has 0 aliphatic carbocycles. The monoisotopic (exact) mass is 315 g/mol. The van der Waals surface area contributed by atoms with E-state index in [1.54, 1.807) is 0 Å². The van der Waals surface area contributed by atoms with Crippen molar-refractivity contribution >= 4 is 23.2 Å². The molecule has 0 saturated heterocycles. The summed E-state index contributed by atoms with van der Waals surface area (Å²) in [4.78, 5) is 12.8. The second-order valence-corrected chi connectivity index (χ2v) is 6.21. The number of halogens is 1. The van der Waals surface area contributed by atoms with Crippen molar-refractivity contribution in [1.29, 1.82) is 0 Å². The molecule has 22 heavy (non-hydrogen) atoms. The van der Waals surface area contributed by atoms with Gasteiger partial charge >= 0.3 is 0 Å². The molecule has 1 atom stereocenters. The Labute approximate surface area is 137 Å². The van der Waals surface area contributed by atoms with Crippen LogP contribution in [0, 0.1) is 5.92 Å². The molecule has 0 spiro atoms.